The van der Waals surface area contributed by atoms with Crippen molar-refractivity contribution in [1.82, 2.24) is 4.98 Å². The molecule has 0 bridgehead atoms. The van der Waals surface area contributed by atoms with Crippen molar-refractivity contribution < 1.29 is 18.6 Å². The number of benzene rings is 1. The van der Waals surface area contributed by atoms with Crippen LogP contribution in [0, 0.1) is 6.92 Å². The van der Waals surface area contributed by atoms with Crippen molar-refractivity contribution in [3.63, 3.8) is 0 Å². The summed E-state index contributed by atoms with van der Waals surface area (Å²) in [6, 6.07) is 8.14. The Kier molecular flexibility index (Phi) is 2.33. The molecule has 1 nitrogen and oxygen atoms in total. The van der Waals surface area contributed by atoms with Crippen molar-refractivity contribution in [3.05, 3.63) is 42.9 Å². The van der Waals surface area contributed by atoms with Gasteiger partial charge in [0.2, 0.25) is 0 Å². The minimum Gasteiger partial charge on any atom is -0.424 e. The van der Waals surface area contributed by atoms with Gasteiger partial charge in [-0.2, -0.15) is 12.5 Å². The fourth-order valence-corrected chi connectivity index (χ4v) is 1.13. The van der Waals surface area contributed by atoms with Gasteiger partial charge in [-0.3, -0.25) is 0 Å². The summed E-state index contributed by atoms with van der Waals surface area (Å²) in [5, 5.41) is 1.21. The first-order valence-corrected chi connectivity index (χ1v) is 3.26. The summed E-state index contributed by atoms with van der Waals surface area (Å²) < 4.78 is 0. The zero-order valence-electron chi connectivity index (χ0n) is 6.04. The number of hydrogen-bond acceptors (Lipinski definition) is 0. The fourth-order valence-electron chi connectivity index (χ4n) is 1.13. The Morgan fingerprint density at radius 1 is 1.18 bits per heavy atom. The number of aromatic amines is 1. The Hall–Kier alpha value is -0.786. The van der Waals surface area contributed by atoms with E-state index in [0.29, 0.717) is 0 Å². The maximum Gasteiger partial charge on any atom is 0 e. The van der Waals surface area contributed by atoms with Gasteiger partial charge < -0.3 is 4.98 Å². The number of fused-ring (bicyclic) bond motifs is 1. The van der Waals surface area contributed by atoms with Crippen LogP contribution in [-0.4, -0.2) is 4.98 Å². The summed E-state index contributed by atoms with van der Waals surface area (Å²) in [6.07, 6.45) is 1.92. The summed E-state index contributed by atoms with van der Waals surface area (Å²) in [6.45, 7) is 3.88. The topological polar surface area (TPSA) is 15.8 Å². The number of aromatic nitrogens is 1. The van der Waals surface area contributed by atoms with E-state index in [1.165, 1.54) is 5.39 Å². The molecule has 0 aliphatic rings. The first-order valence-electron chi connectivity index (χ1n) is 3.26. The molecular formula is C9H8NV-. The number of H-pyrrole nitrogens is 1. The minimum absolute atomic E-state index is 0. The van der Waals surface area contributed by atoms with Gasteiger partial charge >= 0.3 is 0 Å². The molecule has 0 saturated carbocycles. The second kappa shape index (κ2) is 3.08. The van der Waals surface area contributed by atoms with Gasteiger partial charge in [0.1, 0.15) is 0 Å². The van der Waals surface area contributed by atoms with Crippen LogP contribution in [0.25, 0.3) is 10.9 Å². The molecule has 2 heteroatoms. The molecule has 1 heterocycles. The van der Waals surface area contributed by atoms with Gasteiger partial charge in [-0.15, -0.1) is 17.6 Å². The van der Waals surface area contributed by atoms with E-state index >= 15 is 0 Å². The Morgan fingerprint density at radius 3 is 2.64 bits per heavy atom. The van der Waals surface area contributed by atoms with E-state index in [-0.39, 0.29) is 18.6 Å². The molecule has 0 aliphatic heterocycles. The maximum atomic E-state index is 3.88. The molecule has 0 spiro atoms. The van der Waals surface area contributed by atoms with Crippen LogP contribution in [-0.2, 0) is 18.6 Å². The normalized spacial score (nSPS) is 9.45. The van der Waals surface area contributed by atoms with Gasteiger partial charge in [0.15, 0.2) is 0 Å². The van der Waals surface area contributed by atoms with Crippen LogP contribution in [0.1, 0.15) is 5.56 Å². The van der Waals surface area contributed by atoms with Crippen molar-refractivity contribution >= 4 is 10.9 Å². The second-order valence-electron chi connectivity index (χ2n) is 2.36. The summed E-state index contributed by atoms with van der Waals surface area (Å²) in [5.41, 5.74) is 2.23. The molecular weight excluding hydrogens is 173 g/mol. The molecule has 55 valence electrons. The van der Waals surface area contributed by atoms with E-state index in [2.05, 4.69) is 18.0 Å². The SMILES string of the molecule is [CH2-]c1c[nH]c2ccccc12.[V]. The molecule has 0 unspecified atom stereocenters. The third kappa shape index (κ3) is 1.30. The molecule has 0 saturated heterocycles. The van der Waals surface area contributed by atoms with E-state index in [1.54, 1.807) is 0 Å². The van der Waals surface area contributed by atoms with Gasteiger partial charge in [0.05, 0.1) is 0 Å². The fraction of sp³-hybridized carbons (Fsp3) is 0. The zero-order valence-corrected chi connectivity index (χ0v) is 7.44. The van der Waals surface area contributed by atoms with Gasteiger partial charge in [-0.05, 0) is 5.52 Å². The molecule has 1 N–H and O–H groups in total. The van der Waals surface area contributed by atoms with Gasteiger partial charge in [0.25, 0.3) is 0 Å². The van der Waals surface area contributed by atoms with E-state index in [9.17, 15) is 0 Å². The van der Waals surface area contributed by atoms with Crippen LogP contribution in [0.15, 0.2) is 30.5 Å². The van der Waals surface area contributed by atoms with Crippen molar-refractivity contribution in [2.24, 2.45) is 0 Å². The molecule has 0 atom stereocenters. The number of hydrogen-bond donors (Lipinski definition) is 1. The molecule has 0 fully saturated rings. The smallest absolute Gasteiger partial charge is 0 e. The maximum absolute atomic E-state index is 3.88. The van der Waals surface area contributed by atoms with Crippen molar-refractivity contribution in [2.45, 2.75) is 0 Å². The van der Waals surface area contributed by atoms with Crippen LogP contribution in [0.2, 0.25) is 0 Å². The summed E-state index contributed by atoms with van der Waals surface area (Å²) in [7, 11) is 0. The first kappa shape index (κ1) is 8.31. The predicted octanol–water partition coefficient (Wildman–Crippen LogP) is 2.35. The summed E-state index contributed by atoms with van der Waals surface area (Å²) >= 11 is 0. The van der Waals surface area contributed by atoms with Crippen LogP contribution in [0.4, 0.5) is 0 Å². The van der Waals surface area contributed by atoms with Crippen LogP contribution < -0.4 is 0 Å². The van der Waals surface area contributed by atoms with Crippen LogP contribution in [0.5, 0.6) is 0 Å². The largest absolute Gasteiger partial charge is 0.424 e. The molecule has 1 radical (unpaired) electrons. The van der Waals surface area contributed by atoms with Gasteiger partial charge in [-0.25, -0.2) is 0 Å². The first-order chi connectivity index (χ1) is 4.88. The minimum atomic E-state index is 0. The Labute approximate surface area is 77.7 Å². The average molecular weight is 181 g/mol. The van der Waals surface area contributed by atoms with Crippen LogP contribution >= 0.6 is 0 Å². The van der Waals surface area contributed by atoms with Crippen molar-refractivity contribution in [2.75, 3.05) is 0 Å². The Balaban J connectivity index is 0.000000605. The average Bonchev–Trinajstić information content (AvgIpc) is 2.34. The molecule has 2 rings (SSSR count). The molecule has 11 heavy (non-hydrogen) atoms. The van der Waals surface area contributed by atoms with E-state index in [0.717, 1.165) is 11.1 Å². The Morgan fingerprint density at radius 2 is 1.91 bits per heavy atom. The summed E-state index contributed by atoms with van der Waals surface area (Å²) in [5.74, 6) is 0. The van der Waals surface area contributed by atoms with Gasteiger partial charge in [0, 0.05) is 18.6 Å². The molecule has 0 aliphatic carbocycles. The van der Waals surface area contributed by atoms with E-state index in [4.69, 9.17) is 0 Å². The second-order valence-corrected chi connectivity index (χ2v) is 2.36. The Bertz CT molecular complexity index is 351. The molecule has 1 aromatic carbocycles. The van der Waals surface area contributed by atoms with Crippen LogP contribution in [0.3, 0.4) is 0 Å². The number of para-hydroxylation sites is 1. The zero-order chi connectivity index (χ0) is 6.97. The third-order valence-corrected chi connectivity index (χ3v) is 1.67. The van der Waals surface area contributed by atoms with E-state index < -0.39 is 0 Å². The summed E-state index contributed by atoms with van der Waals surface area (Å²) in [4.78, 5) is 3.13. The predicted molar refractivity (Wildman–Crippen MR) is 42.8 cm³/mol. The number of rotatable bonds is 0. The quantitative estimate of drug-likeness (QED) is 0.600. The monoisotopic (exact) mass is 181 g/mol. The molecule has 1 aromatic heterocycles. The molecule has 0 amide bonds. The standard InChI is InChI=1S/C9H8N.V/c1-7-6-10-9-5-3-2-4-8(7)9;/h2-6,10H,1H2;/q-1;. The van der Waals surface area contributed by atoms with E-state index in [1.807, 2.05) is 24.4 Å². The van der Waals surface area contributed by atoms with Crippen molar-refractivity contribution in [3.8, 4) is 0 Å². The van der Waals surface area contributed by atoms with Gasteiger partial charge in [-0.1, -0.05) is 18.2 Å². The molecule has 2 aromatic rings. The number of nitrogens with one attached hydrogen (secondary N) is 1. The van der Waals surface area contributed by atoms with Crippen molar-refractivity contribution in [1.29, 1.82) is 0 Å². The third-order valence-electron chi connectivity index (χ3n) is 1.67.